The standard InChI is InChI=1S/C23H23FN2O5S/c1-15-10-16(2)12-19(11-15)31-14-23(27)25-18-6-9-22(30-3)21(13-18)26-32(28,29)20-7-4-17(24)5-8-20/h4-13,26H,14H2,1-3H3,(H,25,27). The number of methoxy groups -OCH3 is 1. The van der Waals surface area contributed by atoms with Crippen molar-refractivity contribution in [3.05, 3.63) is 77.6 Å². The zero-order valence-electron chi connectivity index (χ0n) is 17.8. The molecular formula is C23H23FN2O5S. The molecule has 2 N–H and O–H groups in total. The Balaban J connectivity index is 1.72. The van der Waals surface area contributed by atoms with Crippen molar-refractivity contribution in [2.75, 3.05) is 23.8 Å². The summed E-state index contributed by atoms with van der Waals surface area (Å²) >= 11 is 0. The first kappa shape index (κ1) is 23.1. The molecule has 3 aromatic carbocycles. The number of carbonyl (C=O) groups is 1. The number of hydrogen-bond acceptors (Lipinski definition) is 5. The van der Waals surface area contributed by atoms with Gasteiger partial charge in [0.25, 0.3) is 15.9 Å². The average Bonchev–Trinajstić information content (AvgIpc) is 2.72. The summed E-state index contributed by atoms with van der Waals surface area (Å²) in [5.74, 6) is -0.128. The molecule has 0 radical (unpaired) electrons. The summed E-state index contributed by atoms with van der Waals surface area (Å²) in [6, 6.07) is 14.6. The van der Waals surface area contributed by atoms with Crippen molar-refractivity contribution in [2.45, 2.75) is 18.7 Å². The van der Waals surface area contributed by atoms with Gasteiger partial charge in [0.2, 0.25) is 0 Å². The van der Waals surface area contributed by atoms with E-state index in [4.69, 9.17) is 9.47 Å². The number of rotatable bonds is 8. The molecule has 0 saturated carbocycles. The number of ether oxygens (including phenoxy) is 2. The van der Waals surface area contributed by atoms with Crippen molar-refractivity contribution in [3.8, 4) is 11.5 Å². The topological polar surface area (TPSA) is 93.7 Å². The van der Waals surface area contributed by atoms with Crippen molar-refractivity contribution in [1.82, 2.24) is 0 Å². The fraction of sp³-hybridized carbons (Fsp3) is 0.174. The van der Waals surface area contributed by atoms with Gasteiger partial charge in [0, 0.05) is 5.69 Å². The van der Waals surface area contributed by atoms with E-state index in [1.807, 2.05) is 32.0 Å². The minimum atomic E-state index is -4.00. The van der Waals surface area contributed by atoms with Crippen LogP contribution in [0.2, 0.25) is 0 Å². The maximum Gasteiger partial charge on any atom is 0.262 e. The van der Waals surface area contributed by atoms with Crippen LogP contribution in [0.3, 0.4) is 0 Å². The fourth-order valence-corrected chi connectivity index (χ4v) is 4.11. The third kappa shape index (κ3) is 5.98. The molecule has 0 spiro atoms. The summed E-state index contributed by atoms with van der Waals surface area (Å²) in [7, 11) is -2.61. The van der Waals surface area contributed by atoms with Crippen LogP contribution in [0.1, 0.15) is 11.1 Å². The molecule has 0 atom stereocenters. The number of sulfonamides is 1. The summed E-state index contributed by atoms with van der Waals surface area (Å²) in [5, 5.41) is 2.66. The Bertz CT molecular complexity index is 1210. The number of amides is 1. The molecular weight excluding hydrogens is 435 g/mol. The summed E-state index contributed by atoms with van der Waals surface area (Å²) in [6.07, 6.45) is 0. The fourth-order valence-electron chi connectivity index (χ4n) is 3.05. The molecule has 0 bridgehead atoms. The van der Waals surface area contributed by atoms with Gasteiger partial charge in [-0.1, -0.05) is 6.07 Å². The number of benzene rings is 3. The van der Waals surface area contributed by atoms with Crippen LogP contribution in [0.25, 0.3) is 0 Å². The summed E-state index contributed by atoms with van der Waals surface area (Å²) in [6.45, 7) is 3.66. The first-order valence-electron chi connectivity index (χ1n) is 9.63. The van der Waals surface area contributed by atoms with Crippen LogP contribution in [0.4, 0.5) is 15.8 Å². The second-order valence-corrected chi connectivity index (χ2v) is 8.82. The third-order valence-electron chi connectivity index (χ3n) is 4.42. The van der Waals surface area contributed by atoms with Crippen molar-refractivity contribution >= 4 is 27.3 Å². The lowest BCUT2D eigenvalue weighted by atomic mass is 10.1. The van der Waals surface area contributed by atoms with E-state index >= 15 is 0 Å². The van der Waals surface area contributed by atoms with Crippen LogP contribution in [-0.2, 0) is 14.8 Å². The van der Waals surface area contributed by atoms with E-state index in [0.29, 0.717) is 11.4 Å². The van der Waals surface area contributed by atoms with Gasteiger partial charge < -0.3 is 14.8 Å². The Labute approximate surface area is 186 Å². The van der Waals surface area contributed by atoms with E-state index in [9.17, 15) is 17.6 Å². The smallest absolute Gasteiger partial charge is 0.262 e. The van der Waals surface area contributed by atoms with Gasteiger partial charge in [0.1, 0.15) is 17.3 Å². The molecule has 0 heterocycles. The van der Waals surface area contributed by atoms with Crippen LogP contribution < -0.4 is 19.5 Å². The van der Waals surface area contributed by atoms with Gasteiger partial charge in [0.05, 0.1) is 17.7 Å². The van der Waals surface area contributed by atoms with E-state index in [1.54, 1.807) is 6.07 Å². The summed E-state index contributed by atoms with van der Waals surface area (Å²) in [5.41, 5.74) is 2.50. The first-order chi connectivity index (χ1) is 15.2. The molecule has 0 aliphatic rings. The molecule has 0 fully saturated rings. The predicted octanol–water partition coefficient (Wildman–Crippen LogP) is 4.27. The van der Waals surface area contributed by atoms with E-state index in [0.717, 1.165) is 35.4 Å². The molecule has 1 amide bonds. The molecule has 9 heteroatoms. The quantitative estimate of drug-likeness (QED) is 0.526. The maximum absolute atomic E-state index is 13.1. The number of carbonyl (C=O) groups excluding carboxylic acids is 1. The Morgan fingerprint density at radius 1 is 0.969 bits per heavy atom. The van der Waals surface area contributed by atoms with Gasteiger partial charge >= 0.3 is 0 Å². The van der Waals surface area contributed by atoms with Gasteiger partial charge in [-0.15, -0.1) is 0 Å². The molecule has 0 aliphatic carbocycles. The Morgan fingerprint density at radius 2 is 1.62 bits per heavy atom. The predicted molar refractivity (Wildman–Crippen MR) is 120 cm³/mol. The van der Waals surface area contributed by atoms with Gasteiger partial charge in [0.15, 0.2) is 6.61 Å². The highest BCUT2D eigenvalue weighted by atomic mass is 32.2. The van der Waals surface area contributed by atoms with Crippen molar-refractivity contribution in [3.63, 3.8) is 0 Å². The Kier molecular flexibility index (Phi) is 6.99. The first-order valence-corrected chi connectivity index (χ1v) is 11.1. The molecule has 0 aliphatic heterocycles. The van der Waals surface area contributed by atoms with Crippen molar-refractivity contribution in [1.29, 1.82) is 0 Å². The van der Waals surface area contributed by atoms with Crippen molar-refractivity contribution < 1.29 is 27.1 Å². The lowest BCUT2D eigenvalue weighted by molar-refractivity contribution is -0.118. The largest absolute Gasteiger partial charge is 0.495 e. The maximum atomic E-state index is 13.1. The van der Waals surface area contributed by atoms with Gasteiger partial charge in [-0.2, -0.15) is 0 Å². The highest BCUT2D eigenvalue weighted by Crippen LogP contribution is 2.30. The van der Waals surface area contributed by atoms with Gasteiger partial charge in [-0.25, -0.2) is 12.8 Å². The third-order valence-corrected chi connectivity index (χ3v) is 5.80. The van der Waals surface area contributed by atoms with E-state index in [1.165, 1.54) is 19.2 Å². The summed E-state index contributed by atoms with van der Waals surface area (Å²) in [4.78, 5) is 12.2. The Morgan fingerprint density at radius 3 is 2.25 bits per heavy atom. The zero-order valence-corrected chi connectivity index (χ0v) is 18.6. The van der Waals surface area contributed by atoms with E-state index in [-0.39, 0.29) is 22.9 Å². The molecule has 168 valence electrons. The van der Waals surface area contributed by atoms with Gasteiger partial charge in [-0.05, 0) is 79.6 Å². The molecule has 3 rings (SSSR count). The number of anilines is 2. The zero-order chi connectivity index (χ0) is 23.3. The SMILES string of the molecule is COc1ccc(NC(=O)COc2cc(C)cc(C)c2)cc1NS(=O)(=O)c1ccc(F)cc1. The lowest BCUT2D eigenvalue weighted by Crippen LogP contribution is -2.20. The molecule has 7 nitrogen and oxygen atoms in total. The highest BCUT2D eigenvalue weighted by Gasteiger charge is 2.17. The molecule has 0 saturated heterocycles. The van der Waals surface area contributed by atoms with Gasteiger partial charge in [-0.3, -0.25) is 9.52 Å². The van der Waals surface area contributed by atoms with Crippen LogP contribution in [-0.4, -0.2) is 28.0 Å². The molecule has 0 aromatic heterocycles. The van der Waals surface area contributed by atoms with Crippen LogP contribution in [0.5, 0.6) is 11.5 Å². The van der Waals surface area contributed by atoms with Crippen LogP contribution in [0.15, 0.2) is 65.6 Å². The van der Waals surface area contributed by atoms with E-state index in [2.05, 4.69) is 10.0 Å². The summed E-state index contributed by atoms with van der Waals surface area (Å²) < 4.78 is 51.5. The monoisotopic (exact) mass is 458 g/mol. The van der Waals surface area contributed by atoms with Crippen LogP contribution >= 0.6 is 0 Å². The molecule has 32 heavy (non-hydrogen) atoms. The minimum Gasteiger partial charge on any atom is -0.495 e. The second kappa shape index (κ2) is 9.69. The van der Waals surface area contributed by atoms with Crippen molar-refractivity contribution in [2.24, 2.45) is 0 Å². The second-order valence-electron chi connectivity index (χ2n) is 7.13. The average molecular weight is 459 g/mol. The van der Waals surface area contributed by atoms with Crippen LogP contribution in [0, 0.1) is 19.7 Å². The molecule has 3 aromatic rings. The molecule has 0 unspecified atom stereocenters. The number of halogens is 1. The highest BCUT2D eigenvalue weighted by molar-refractivity contribution is 7.92. The minimum absolute atomic E-state index is 0.114. The lowest BCUT2D eigenvalue weighted by Gasteiger charge is -2.14. The normalized spacial score (nSPS) is 11.0. The number of aryl methyl sites for hydroxylation is 2. The Hall–Kier alpha value is -3.59. The number of hydrogen-bond donors (Lipinski definition) is 2. The number of nitrogens with one attached hydrogen (secondary N) is 2. The van der Waals surface area contributed by atoms with E-state index < -0.39 is 21.7 Å².